The third kappa shape index (κ3) is 3.24. The highest BCUT2D eigenvalue weighted by molar-refractivity contribution is 9.10. The minimum atomic E-state index is 0.812. The standard InChI is InChI=1S/C18H17BrN2/c1-12-9-16(19)6-8-17(12)20-11-14-4-7-18-15(10-14)5-3-13(2)21-18/h3-10,20H,11H2,1-2H3. The maximum Gasteiger partial charge on any atom is 0.0705 e. The summed E-state index contributed by atoms with van der Waals surface area (Å²) < 4.78 is 1.11. The second-order valence-corrected chi connectivity index (χ2v) is 6.21. The van der Waals surface area contributed by atoms with Gasteiger partial charge in [-0.3, -0.25) is 4.98 Å². The molecule has 1 heterocycles. The molecule has 0 aliphatic rings. The fraction of sp³-hybridized carbons (Fsp3) is 0.167. The Morgan fingerprint density at radius 1 is 1.00 bits per heavy atom. The Morgan fingerprint density at radius 2 is 1.86 bits per heavy atom. The van der Waals surface area contributed by atoms with Crippen LogP contribution in [0.15, 0.2) is 53.0 Å². The summed E-state index contributed by atoms with van der Waals surface area (Å²) in [6.07, 6.45) is 0. The average Bonchev–Trinajstić information content (AvgIpc) is 2.46. The van der Waals surface area contributed by atoms with Crippen molar-refractivity contribution < 1.29 is 0 Å². The molecule has 0 bridgehead atoms. The van der Waals surface area contributed by atoms with Crippen molar-refractivity contribution in [1.82, 2.24) is 4.98 Å². The SMILES string of the molecule is Cc1ccc2cc(CNc3ccc(Br)cc3C)ccc2n1. The number of hydrogen-bond acceptors (Lipinski definition) is 2. The Balaban J connectivity index is 1.80. The van der Waals surface area contributed by atoms with E-state index in [9.17, 15) is 0 Å². The lowest BCUT2D eigenvalue weighted by molar-refractivity contribution is 1.14. The molecule has 106 valence electrons. The van der Waals surface area contributed by atoms with E-state index >= 15 is 0 Å². The van der Waals surface area contributed by atoms with E-state index in [-0.39, 0.29) is 0 Å². The molecule has 3 rings (SSSR count). The molecule has 0 fully saturated rings. The highest BCUT2D eigenvalue weighted by atomic mass is 79.9. The molecule has 0 amide bonds. The molecule has 0 radical (unpaired) electrons. The third-order valence-electron chi connectivity index (χ3n) is 3.56. The number of aromatic nitrogens is 1. The van der Waals surface area contributed by atoms with Gasteiger partial charge in [-0.2, -0.15) is 0 Å². The molecule has 0 atom stereocenters. The number of rotatable bonds is 3. The number of benzene rings is 2. The van der Waals surface area contributed by atoms with Gasteiger partial charge in [-0.25, -0.2) is 0 Å². The van der Waals surface area contributed by atoms with Gasteiger partial charge in [0, 0.05) is 27.8 Å². The predicted molar refractivity (Wildman–Crippen MR) is 92.7 cm³/mol. The predicted octanol–water partition coefficient (Wildman–Crippen LogP) is 5.23. The number of hydrogen-bond donors (Lipinski definition) is 1. The van der Waals surface area contributed by atoms with Crippen LogP contribution in [-0.4, -0.2) is 4.98 Å². The number of pyridine rings is 1. The van der Waals surface area contributed by atoms with Crippen LogP contribution < -0.4 is 5.32 Å². The van der Waals surface area contributed by atoms with Crippen LogP contribution in [0.1, 0.15) is 16.8 Å². The number of aryl methyl sites for hydroxylation is 2. The molecule has 0 spiro atoms. The fourth-order valence-electron chi connectivity index (χ4n) is 2.41. The largest absolute Gasteiger partial charge is 0.381 e. The number of fused-ring (bicyclic) bond motifs is 1. The van der Waals surface area contributed by atoms with Crippen LogP contribution in [0.3, 0.4) is 0 Å². The van der Waals surface area contributed by atoms with Gasteiger partial charge in [-0.1, -0.05) is 28.1 Å². The molecular weight excluding hydrogens is 324 g/mol. The minimum Gasteiger partial charge on any atom is -0.381 e. The Bertz CT molecular complexity index is 796. The van der Waals surface area contributed by atoms with Gasteiger partial charge >= 0.3 is 0 Å². The van der Waals surface area contributed by atoms with Crippen LogP contribution in [-0.2, 0) is 6.54 Å². The van der Waals surface area contributed by atoms with Gasteiger partial charge in [-0.05, 0) is 61.4 Å². The second-order valence-electron chi connectivity index (χ2n) is 5.29. The number of anilines is 1. The van der Waals surface area contributed by atoms with Crippen molar-refractivity contribution in [3.05, 3.63) is 69.8 Å². The third-order valence-corrected chi connectivity index (χ3v) is 4.06. The Hall–Kier alpha value is -1.87. The van der Waals surface area contributed by atoms with Crippen LogP contribution >= 0.6 is 15.9 Å². The van der Waals surface area contributed by atoms with E-state index in [1.165, 1.54) is 22.2 Å². The van der Waals surface area contributed by atoms with Crippen molar-refractivity contribution in [2.24, 2.45) is 0 Å². The van der Waals surface area contributed by atoms with Crippen molar-refractivity contribution in [2.75, 3.05) is 5.32 Å². The lowest BCUT2D eigenvalue weighted by Crippen LogP contribution is -2.01. The van der Waals surface area contributed by atoms with E-state index in [1.54, 1.807) is 0 Å². The smallest absolute Gasteiger partial charge is 0.0705 e. The van der Waals surface area contributed by atoms with E-state index in [1.807, 2.05) is 6.92 Å². The zero-order valence-electron chi connectivity index (χ0n) is 12.2. The summed E-state index contributed by atoms with van der Waals surface area (Å²) in [5.41, 5.74) is 5.77. The van der Waals surface area contributed by atoms with Gasteiger partial charge < -0.3 is 5.32 Å². The quantitative estimate of drug-likeness (QED) is 0.706. The van der Waals surface area contributed by atoms with Gasteiger partial charge in [0.15, 0.2) is 0 Å². The summed E-state index contributed by atoms with van der Waals surface area (Å²) in [5, 5.41) is 4.68. The maximum atomic E-state index is 4.53. The number of nitrogens with zero attached hydrogens (tertiary/aromatic N) is 1. The first-order valence-corrected chi connectivity index (χ1v) is 7.77. The maximum absolute atomic E-state index is 4.53. The summed E-state index contributed by atoms with van der Waals surface area (Å²) >= 11 is 3.49. The van der Waals surface area contributed by atoms with Crippen molar-refractivity contribution in [1.29, 1.82) is 0 Å². The molecule has 3 aromatic rings. The summed E-state index contributed by atoms with van der Waals surface area (Å²) in [6, 6.07) is 16.9. The molecule has 0 unspecified atom stereocenters. The topological polar surface area (TPSA) is 24.9 Å². The normalized spacial score (nSPS) is 10.8. The highest BCUT2D eigenvalue weighted by Crippen LogP contribution is 2.21. The minimum absolute atomic E-state index is 0.812. The number of nitrogens with one attached hydrogen (secondary N) is 1. The summed E-state index contributed by atoms with van der Waals surface area (Å²) in [7, 11) is 0. The molecule has 1 aromatic heterocycles. The first kappa shape index (κ1) is 14.1. The van der Waals surface area contributed by atoms with E-state index in [4.69, 9.17) is 0 Å². The lowest BCUT2D eigenvalue weighted by Gasteiger charge is -2.10. The molecule has 0 saturated heterocycles. The van der Waals surface area contributed by atoms with Gasteiger partial charge in [0.1, 0.15) is 0 Å². The van der Waals surface area contributed by atoms with Crippen LogP contribution in [0, 0.1) is 13.8 Å². The van der Waals surface area contributed by atoms with Crippen LogP contribution in [0.5, 0.6) is 0 Å². The summed E-state index contributed by atoms with van der Waals surface area (Å²) in [6.45, 7) is 4.94. The zero-order chi connectivity index (χ0) is 14.8. The average molecular weight is 341 g/mol. The molecule has 2 nitrogen and oxygen atoms in total. The Labute approximate surface area is 133 Å². The molecule has 2 aromatic carbocycles. The van der Waals surface area contributed by atoms with Crippen molar-refractivity contribution >= 4 is 32.5 Å². The Kier molecular flexibility index (Phi) is 3.93. The molecular formula is C18H17BrN2. The van der Waals surface area contributed by atoms with E-state index in [0.717, 1.165) is 22.2 Å². The fourth-order valence-corrected chi connectivity index (χ4v) is 2.89. The first-order valence-electron chi connectivity index (χ1n) is 6.98. The zero-order valence-corrected chi connectivity index (χ0v) is 13.7. The van der Waals surface area contributed by atoms with Crippen LogP contribution in [0.2, 0.25) is 0 Å². The monoisotopic (exact) mass is 340 g/mol. The summed E-state index contributed by atoms with van der Waals surface area (Å²) in [5.74, 6) is 0. The van der Waals surface area contributed by atoms with E-state index < -0.39 is 0 Å². The molecule has 21 heavy (non-hydrogen) atoms. The van der Waals surface area contributed by atoms with E-state index in [2.05, 4.69) is 81.7 Å². The number of halogens is 1. The van der Waals surface area contributed by atoms with Crippen molar-refractivity contribution in [3.8, 4) is 0 Å². The second kappa shape index (κ2) is 5.86. The highest BCUT2D eigenvalue weighted by Gasteiger charge is 2.01. The van der Waals surface area contributed by atoms with Crippen molar-refractivity contribution in [3.63, 3.8) is 0 Å². The van der Waals surface area contributed by atoms with Gasteiger partial charge in [0.2, 0.25) is 0 Å². The van der Waals surface area contributed by atoms with Gasteiger partial charge in [0.05, 0.1) is 5.52 Å². The van der Waals surface area contributed by atoms with E-state index in [0.29, 0.717) is 0 Å². The van der Waals surface area contributed by atoms with Crippen LogP contribution in [0.4, 0.5) is 5.69 Å². The van der Waals surface area contributed by atoms with Crippen molar-refractivity contribution in [2.45, 2.75) is 20.4 Å². The lowest BCUT2D eigenvalue weighted by atomic mass is 10.1. The molecule has 1 N–H and O–H groups in total. The first-order chi connectivity index (χ1) is 10.1. The van der Waals surface area contributed by atoms with Crippen LogP contribution in [0.25, 0.3) is 10.9 Å². The molecule has 3 heteroatoms. The van der Waals surface area contributed by atoms with Gasteiger partial charge in [-0.15, -0.1) is 0 Å². The summed E-state index contributed by atoms with van der Waals surface area (Å²) in [4.78, 5) is 4.53. The van der Waals surface area contributed by atoms with Gasteiger partial charge in [0.25, 0.3) is 0 Å². The molecule has 0 aliphatic heterocycles. The molecule has 0 aliphatic carbocycles. The Morgan fingerprint density at radius 3 is 2.67 bits per heavy atom. The molecule has 0 saturated carbocycles.